The molecule has 0 radical (unpaired) electrons. The molecule has 4 nitrogen and oxygen atoms in total. The summed E-state index contributed by atoms with van der Waals surface area (Å²) in [6, 6.07) is 17.0. The molecule has 1 N–H and O–H groups in total. The van der Waals surface area contributed by atoms with Gasteiger partial charge in [0.1, 0.15) is 6.04 Å². The van der Waals surface area contributed by atoms with Crippen molar-refractivity contribution in [1.29, 1.82) is 0 Å². The number of carbonyl (C=O) groups is 2. The van der Waals surface area contributed by atoms with E-state index in [1.165, 1.54) is 5.56 Å². The largest absolute Gasteiger partial charge is 0.346 e. The maximum absolute atomic E-state index is 13.5. The Hall–Kier alpha value is -2.33. The van der Waals surface area contributed by atoms with Gasteiger partial charge in [0.15, 0.2) is 0 Å². The molecular formula is C24H27ClN2O2. The zero-order valence-electron chi connectivity index (χ0n) is 16.8. The molecule has 2 aromatic rings. The quantitative estimate of drug-likeness (QED) is 0.785. The third-order valence-corrected chi connectivity index (χ3v) is 6.31. The number of rotatable bonds is 5. The van der Waals surface area contributed by atoms with Gasteiger partial charge in [0.25, 0.3) is 0 Å². The summed E-state index contributed by atoms with van der Waals surface area (Å²) in [4.78, 5) is 28.3. The summed E-state index contributed by atoms with van der Waals surface area (Å²) in [5.74, 6) is 0.551. The molecule has 0 aromatic heterocycles. The van der Waals surface area contributed by atoms with Gasteiger partial charge >= 0.3 is 0 Å². The number of benzene rings is 2. The van der Waals surface area contributed by atoms with Crippen LogP contribution in [0.25, 0.3) is 0 Å². The van der Waals surface area contributed by atoms with Gasteiger partial charge in [0, 0.05) is 17.5 Å². The first-order valence-corrected chi connectivity index (χ1v) is 10.7. The third-order valence-electron chi connectivity index (χ3n) is 5.97. The van der Waals surface area contributed by atoms with E-state index in [0.29, 0.717) is 23.9 Å². The third kappa shape index (κ3) is 4.18. The predicted molar refractivity (Wildman–Crippen MR) is 115 cm³/mol. The standard InChI is InChI=1S/C24H27ClN2O2/c1-15(2)12-22-23(28)26-21(17-10-6-7-11-20(17)25)14-27(22)24(29)19-13-18(19)16-8-4-3-5-9-16/h3-11,15,18-19,21-22H,12-14H2,1-2H3,(H,26,28). The first-order chi connectivity index (χ1) is 14.0. The molecule has 4 unspecified atom stereocenters. The highest BCUT2D eigenvalue weighted by atomic mass is 35.5. The van der Waals surface area contributed by atoms with Crippen molar-refractivity contribution >= 4 is 23.4 Å². The molecule has 1 aliphatic carbocycles. The maximum Gasteiger partial charge on any atom is 0.243 e. The summed E-state index contributed by atoms with van der Waals surface area (Å²) >= 11 is 6.38. The Labute approximate surface area is 177 Å². The molecule has 152 valence electrons. The average Bonchev–Trinajstić information content (AvgIpc) is 3.50. The molecule has 2 aromatic carbocycles. The lowest BCUT2D eigenvalue weighted by molar-refractivity contribution is -0.146. The van der Waals surface area contributed by atoms with Gasteiger partial charge in [-0.05, 0) is 41.9 Å². The van der Waals surface area contributed by atoms with Crippen molar-refractivity contribution in [1.82, 2.24) is 10.2 Å². The number of halogens is 1. The number of carbonyl (C=O) groups excluding carboxylic acids is 2. The van der Waals surface area contributed by atoms with Crippen LogP contribution in [-0.4, -0.2) is 29.3 Å². The van der Waals surface area contributed by atoms with Crippen LogP contribution in [0.1, 0.15) is 49.8 Å². The van der Waals surface area contributed by atoms with E-state index >= 15 is 0 Å². The summed E-state index contributed by atoms with van der Waals surface area (Å²) in [5, 5.41) is 3.71. The van der Waals surface area contributed by atoms with E-state index < -0.39 is 6.04 Å². The molecule has 1 aliphatic heterocycles. The molecule has 2 aliphatic rings. The Morgan fingerprint density at radius 2 is 1.83 bits per heavy atom. The molecule has 0 bridgehead atoms. The van der Waals surface area contributed by atoms with Crippen LogP contribution in [0.4, 0.5) is 0 Å². The van der Waals surface area contributed by atoms with Gasteiger partial charge in [-0.1, -0.05) is 74.0 Å². The fourth-order valence-corrected chi connectivity index (χ4v) is 4.65. The summed E-state index contributed by atoms with van der Waals surface area (Å²) < 4.78 is 0. The number of nitrogens with one attached hydrogen (secondary N) is 1. The zero-order chi connectivity index (χ0) is 20.5. The fraction of sp³-hybridized carbons (Fsp3) is 0.417. The normalized spacial score (nSPS) is 26.3. The molecule has 4 rings (SSSR count). The lowest BCUT2D eigenvalue weighted by Gasteiger charge is -2.40. The topological polar surface area (TPSA) is 49.4 Å². The van der Waals surface area contributed by atoms with Gasteiger partial charge in [-0.3, -0.25) is 9.59 Å². The minimum Gasteiger partial charge on any atom is -0.346 e. The van der Waals surface area contributed by atoms with Gasteiger partial charge in [0.05, 0.1) is 6.04 Å². The zero-order valence-corrected chi connectivity index (χ0v) is 17.6. The van der Waals surface area contributed by atoms with Crippen molar-refractivity contribution in [2.45, 2.75) is 44.7 Å². The number of hydrogen-bond donors (Lipinski definition) is 1. The smallest absolute Gasteiger partial charge is 0.243 e. The summed E-state index contributed by atoms with van der Waals surface area (Å²) in [6.45, 7) is 4.63. The van der Waals surface area contributed by atoms with E-state index in [0.717, 1.165) is 12.0 Å². The molecule has 1 saturated carbocycles. The Balaban J connectivity index is 1.57. The van der Waals surface area contributed by atoms with Crippen LogP contribution < -0.4 is 5.32 Å². The Bertz CT molecular complexity index is 899. The van der Waals surface area contributed by atoms with Gasteiger partial charge < -0.3 is 10.2 Å². The number of hydrogen-bond acceptors (Lipinski definition) is 2. The van der Waals surface area contributed by atoms with E-state index in [9.17, 15) is 9.59 Å². The Morgan fingerprint density at radius 1 is 1.14 bits per heavy atom. The number of amides is 2. The van der Waals surface area contributed by atoms with E-state index in [4.69, 9.17) is 11.6 Å². The highest BCUT2D eigenvalue weighted by Gasteiger charge is 2.49. The van der Waals surface area contributed by atoms with Crippen molar-refractivity contribution in [2.75, 3.05) is 6.54 Å². The Kier molecular flexibility index (Phi) is 5.64. The first-order valence-electron chi connectivity index (χ1n) is 10.4. The monoisotopic (exact) mass is 410 g/mol. The minimum atomic E-state index is -0.418. The van der Waals surface area contributed by atoms with Crippen molar-refractivity contribution in [3.05, 3.63) is 70.7 Å². The number of nitrogens with zero attached hydrogens (tertiary/aromatic N) is 1. The van der Waals surface area contributed by atoms with Gasteiger partial charge in [-0.15, -0.1) is 0 Å². The highest BCUT2D eigenvalue weighted by molar-refractivity contribution is 6.31. The molecule has 1 saturated heterocycles. The van der Waals surface area contributed by atoms with Gasteiger partial charge in [-0.2, -0.15) is 0 Å². The fourth-order valence-electron chi connectivity index (χ4n) is 4.39. The second kappa shape index (κ2) is 8.19. The van der Waals surface area contributed by atoms with Gasteiger partial charge in [-0.25, -0.2) is 0 Å². The lowest BCUT2D eigenvalue weighted by atomic mass is 9.95. The van der Waals surface area contributed by atoms with Gasteiger partial charge in [0.2, 0.25) is 11.8 Å². The van der Waals surface area contributed by atoms with E-state index in [-0.39, 0.29) is 29.7 Å². The maximum atomic E-state index is 13.5. The highest BCUT2D eigenvalue weighted by Crippen LogP contribution is 2.49. The van der Waals surface area contributed by atoms with Crippen molar-refractivity contribution in [3.63, 3.8) is 0 Å². The molecule has 0 spiro atoms. The van der Waals surface area contributed by atoms with E-state index in [1.54, 1.807) is 0 Å². The summed E-state index contributed by atoms with van der Waals surface area (Å²) in [7, 11) is 0. The van der Waals surface area contributed by atoms with Crippen molar-refractivity contribution in [3.8, 4) is 0 Å². The second-order valence-electron chi connectivity index (χ2n) is 8.58. The minimum absolute atomic E-state index is 0.0372. The first kappa shape index (κ1) is 20.0. The average molecular weight is 411 g/mol. The van der Waals surface area contributed by atoms with Crippen LogP contribution in [0, 0.1) is 11.8 Å². The molecular weight excluding hydrogens is 384 g/mol. The van der Waals surface area contributed by atoms with E-state index in [2.05, 4.69) is 31.3 Å². The molecule has 4 atom stereocenters. The summed E-state index contributed by atoms with van der Waals surface area (Å²) in [6.07, 6.45) is 1.52. The van der Waals surface area contributed by atoms with Crippen LogP contribution in [-0.2, 0) is 9.59 Å². The molecule has 1 heterocycles. The molecule has 29 heavy (non-hydrogen) atoms. The molecule has 5 heteroatoms. The van der Waals surface area contributed by atoms with Crippen LogP contribution in [0.2, 0.25) is 5.02 Å². The second-order valence-corrected chi connectivity index (χ2v) is 8.99. The van der Waals surface area contributed by atoms with E-state index in [1.807, 2.05) is 47.4 Å². The molecule has 2 amide bonds. The number of piperazine rings is 1. The predicted octanol–water partition coefficient (Wildman–Crippen LogP) is 4.56. The Morgan fingerprint density at radius 3 is 2.52 bits per heavy atom. The SMILES string of the molecule is CC(C)CC1C(=O)NC(c2ccccc2Cl)CN1C(=O)C1CC1c1ccccc1. The van der Waals surface area contributed by atoms with Crippen molar-refractivity contribution in [2.24, 2.45) is 11.8 Å². The van der Waals surface area contributed by atoms with Crippen LogP contribution in [0.5, 0.6) is 0 Å². The lowest BCUT2D eigenvalue weighted by Crippen LogP contribution is -2.59. The van der Waals surface area contributed by atoms with Crippen molar-refractivity contribution < 1.29 is 9.59 Å². The van der Waals surface area contributed by atoms with Crippen LogP contribution in [0.15, 0.2) is 54.6 Å². The van der Waals surface area contributed by atoms with Crippen LogP contribution >= 0.6 is 11.6 Å². The molecule has 2 fully saturated rings. The van der Waals surface area contributed by atoms with Crippen LogP contribution in [0.3, 0.4) is 0 Å². The summed E-state index contributed by atoms with van der Waals surface area (Å²) in [5.41, 5.74) is 2.06.